The normalized spacial score (nSPS) is 22.6. The molecule has 1 fully saturated rings. The predicted molar refractivity (Wildman–Crippen MR) is 51.0 cm³/mol. The monoisotopic (exact) mass is 214 g/mol. The van der Waals surface area contributed by atoms with E-state index in [2.05, 4.69) is 10.6 Å². The number of carboxylic acid groups (broad SMARTS) is 1. The van der Waals surface area contributed by atoms with Gasteiger partial charge >= 0.3 is 5.97 Å². The van der Waals surface area contributed by atoms with E-state index in [1.807, 2.05) is 6.92 Å². The average Bonchev–Trinajstić information content (AvgIpc) is 2.44. The Labute approximate surface area is 87.0 Å². The van der Waals surface area contributed by atoms with Gasteiger partial charge in [-0.2, -0.15) is 0 Å². The Balaban J connectivity index is 2.54. The van der Waals surface area contributed by atoms with Crippen LogP contribution in [-0.4, -0.2) is 35.0 Å². The van der Waals surface area contributed by atoms with Crippen molar-refractivity contribution in [3.8, 4) is 0 Å². The number of hydrogen-bond donors (Lipinski definition) is 3. The number of hydrogen-bond acceptors (Lipinski definition) is 4. The first-order valence-electron chi connectivity index (χ1n) is 4.87. The molecule has 6 nitrogen and oxygen atoms in total. The van der Waals surface area contributed by atoms with E-state index in [0.29, 0.717) is 12.8 Å². The summed E-state index contributed by atoms with van der Waals surface area (Å²) in [7, 11) is 0. The third-order valence-corrected chi connectivity index (χ3v) is 2.25. The van der Waals surface area contributed by atoms with Crippen molar-refractivity contribution in [2.24, 2.45) is 0 Å². The Morgan fingerprint density at radius 2 is 2.33 bits per heavy atom. The maximum Gasteiger partial charge on any atom is 0.320 e. The van der Waals surface area contributed by atoms with Crippen LogP contribution in [0.15, 0.2) is 0 Å². The van der Waals surface area contributed by atoms with E-state index in [9.17, 15) is 14.4 Å². The van der Waals surface area contributed by atoms with Crippen molar-refractivity contribution in [1.29, 1.82) is 0 Å². The van der Waals surface area contributed by atoms with Crippen molar-refractivity contribution >= 4 is 17.8 Å². The first-order valence-corrected chi connectivity index (χ1v) is 4.87. The maximum absolute atomic E-state index is 11.2. The predicted octanol–water partition coefficient (Wildman–Crippen LogP) is -0.756. The van der Waals surface area contributed by atoms with Gasteiger partial charge in [0.15, 0.2) is 0 Å². The number of imide groups is 1. The number of carbonyl (C=O) groups excluding carboxylic acids is 2. The molecule has 0 aromatic heterocycles. The first kappa shape index (κ1) is 11.6. The van der Waals surface area contributed by atoms with Crippen molar-refractivity contribution < 1.29 is 19.5 Å². The number of carboxylic acids is 1. The van der Waals surface area contributed by atoms with Gasteiger partial charge < -0.3 is 5.11 Å². The zero-order chi connectivity index (χ0) is 11.4. The van der Waals surface area contributed by atoms with Gasteiger partial charge in [-0.1, -0.05) is 13.3 Å². The van der Waals surface area contributed by atoms with E-state index < -0.39 is 24.0 Å². The molecule has 1 heterocycles. The van der Waals surface area contributed by atoms with Gasteiger partial charge in [-0.05, 0) is 6.42 Å². The molecule has 1 aliphatic heterocycles. The van der Waals surface area contributed by atoms with Gasteiger partial charge in [0.1, 0.15) is 6.04 Å². The second kappa shape index (κ2) is 4.88. The highest BCUT2D eigenvalue weighted by Gasteiger charge is 2.33. The number of nitrogens with one attached hydrogen (secondary N) is 2. The fourth-order valence-corrected chi connectivity index (χ4v) is 1.50. The average molecular weight is 214 g/mol. The van der Waals surface area contributed by atoms with Crippen LogP contribution in [0.1, 0.15) is 26.2 Å². The fraction of sp³-hybridized carbons (Fsp3) is 0.667. The number of aliphatic carboxylic acids is 1. The third-order valence-electron chi connectivity index (χ3n) is 2.25. The summed E-state index contributed by atoms with van der Waals surface area (Å²) in [5, 5.41) is 13.6. The third kappa shape index (κ3) is 3.02. The van der Waals surface area contributed by atoms with Crippen LogP contribution in [0.25, 0.3) is 0 Å². The van der Waals surface area contributed by atoms with Crippen molar-refractivity contribution in [2.45, 2.75) is 38.3 Å². The van der Waals surface area contributed by atoms with Crippen LogP contribution < -0.4 is 10.6 Å². The number of carbonyl (C=O) groups is 3. The van der Waals surface area contributed by atoms with Gasteiger partial charge in [-0.25, -0.2) is 0 Å². The number of rotatable bonds is 5. The summed E-state index contributed by atoms with van der Waals surface area (Å²) in [6.07, 6.45) is 1.16. The molecular formula is C9H14N2O4. The molecule has 2 unspecified atom stereocenters. The fourth-order valence-electron chi connectivity index (χ4n) is 1.50. The quantitative estimate of drug-likeness (QED) is 0.523. The molecular weight excluding hydrogens is 200 g/mol. The molecule has 0 spiro atoms. The molecule has 15 heavy (non-hydrogen) atoms. The van der Waals surface area contributed by atoms with Crippen molar-refractivity contribution in [3.63, 3.8) is 0 Å². The van der Waals surface area contributed by atoms with Crippen LogP contribution in [0.5, 0.6) is 0 Å². The summed E-state index contributed by atoms with van der Waals surface area (Å²) < 4.78 is 0. The van der Waals surface area contributed by atoms with Crippen LogP contribution in [0.4, 0.5) is 0 Å². The van der Waals surface area contributed by atoms with Gasteiger partial charge in [-0.15, -0.1) is 0 Å². The molecule has 84 valence electrons. The zero-order valence-corrected chi connectivity index (χ0v) is 8.45. The minimum atomic E-state index is -0.996. The molecule has 0 radical (unpaired) electrons. The first-order chi connectivity index (χ1) is 7.04. The van der Waals surface area contributed by atoms with Crippen LogP contribution in [0.3, 0.4) is 0 Å². The number of amides is 2. The Hall–Kier alpha value is -1.43. The second-order valence-corrected chi connectivity index (χ2v) is 3.52. The lowest BCUT2D eigenvalue weighted by Gasteiger charge is -2.16. The minimum Gasteiger partial charge on any atom is -0.480 e. The van der Waals surface area contributed by atoms with E-state index in [0.717, 1.165) is 0 Å². The van der Waals surface area contributed by atoms with E-state index in [1.54, 1.807) is 0 Å². The lowest BCUT2D eigenvalue weighted by molar-refractivity contribution is -0.140. The maximum atomic E-state index is 11.2. The van der Waals surface area contributed by atoms with E-state index >= 15 is 0 Å². The molecule has 0 aromatic rings. The van der Waals surface area contributed by atoms with Gasteiger partial charge in [0.05, 0.1) is 12.5 Å². The summed E-state index contributed by atoms with van der Waals surface area (Å²) in [6, 6.07) is -1.47. The summed E-state index contributed by atoms with van der Waals surface area (Å²) >= 11 is 0. The molecule has 2 amide bonds. The van der Waals surface area contributed by atoms with Crippen LogP contribution in [0, 0.1) is 0 Å². The lowest BCUT2D eigenvalue weighted by Crippen LogP contribution is -2.46. The summed E-state index contributed by atoms with van der Waals surface area (Å²) in [5.74, 6) is -1.80. The van der Waals surface area contributed by atoms with E-state index in [4.69, 9.17) is 5.11 Å². The van der Waals surface area contributed by atoms with Crippen molar-refractivity contribution in [1.82, 2.24) is 10.6 Å². The van der Waals surface area contributed by atoms with Gasteiger partial charge in [0.25, 0.3) is 0 Å². The molecule has 0 aromatic carbocycles. The molecule has 0 saturated carbocycles. The molecule has 0 aliphatic carbocycles. The summed E-state index contributed by atoms with van der Waals surface area (Å²) in [4.78, 5) is 32.8. The summed E-state index contributed by atoms with van der Waals surface area (Å²) in [5.41, 5.74) is 0. The van der Waals surface area contributed by atoms with Crippen LogP contribution in [0.2, 0.25) is 0 Å². The molecule has 1 aliphatic rings. The van der Waals surface area contributed by atoms with Crippen molar-refractivity contribution in [2.75, 3.05) is 0 Å². The van der Waals surface area contributed by atoms with Crippen LogP contribution >= 0.6 is 0 Å². The minimum absolute atomic E-state index is 0.0202. The van der Waals surface area contributed by atoms with E-state index in [-0.39, 0.29) is 12.3 Å². The molecule has 1 rings (SSSR count). The van der Waals surface area contributed by atoms with Gasteiger partial charge in [0.2, 0.25) is 11.8 Å². The molecule has 6 heteroatoms. The Kier molecular flexibility index (Phi) is 3.79. The highest BCUT2D eigenvalue weighted by atomic mass is 16.4. The Bertz CT molecular complexity index is 290. The lowest BCUT2D eigenvalue weighted by atomic mass is 10.1. The molecule has 2 atom stereocenters. The Morgan fingerprint density at radius 3 is 2.73 bits per heavy atom. The summed E-state index contributed by atoms with van der Waals surface area (Å²) in [6.45, 7) is 1.86. The van der Waals surface area contributed by atoms with Gasteiger partial charge in [0, 0.05) is 0 Å². The molecule has 1 saturated heterocycles. The topological polar surface area (TPSA) is 95.5 Å². The smallest absolute Gasteiger partial charge is 0.320 e. The highest BCUT2D eigenvalue weighted by Crippen LogP contribution is 2.05. The largest absolute Gasteiger partial charge is 0.480 e. The molecule has 3 N–H and O–H groups in total. The highest BCUT2D eigenvalue weighted by molar-refractivity contribution is 6.05. The SMILES string of the molecule is CCCC(NC1CC(=O)NC1=O)C(=O)O. The van der Waals surface area contributed by atoms with E-state index in [1.165, 1.54) is 0 Å². The van der Waals surface area contributed by atoms with Crippen molar-refractivity contribution in [3.05, 3.63) is 0 Å². The van der Waals surface area contributed by atoms with Crippen LogP contribution in [-0.2, 0) is 14.4 Å². The standard InChI is InChI=1S/C9H14N2O4/c1-2-3-5(9(14)15)10-6-4-7(12)11-8(6)13/h5-6,10H,2-4H2,1H3,(H,14,15)(H,11,12,13). The van der Waals surface area contributed by atoms with Gasteiger partial charge in [-0.3, -0.25) is 25.0 Å². The molecule has 0 bridgehead atoms. The Morgan fingerprint density at radius 1 is 1.67 bits per heavy atom. The second-order valence-electron chi connectivity index (χ2n) is 3.52. The zero-order valence-electron chi connectivity index (χ0n) is 8.45.